The number of fused-ring (bicyclic) bond motifs is 1. The number of rotatable bonds is 2. The molecule has 0 saturated heterocycles. The third-order valence-corrected chi connectivity index (χ3v) is 3.08. The number of ether oxygens (including phenoxy) is 1. The van der Waals surface area contributed by atoms with Crippen molar-refractivity contribution in [3.63, 3.8) is 0 Å². The van der Waals surface area contributed by atoms with E-state index in [1.807, 2.05) is 37.3 Å². The topological polar surface area (TPSA) is 76.8 Å². The zero-order valence-electron chi connectivity index (χ0n) is 10.8. The summed E-state index contributed by atoms with van der Waals surface area (Å²) >= 11 is 0. The van der Waals surface area contributed by atoms with Crippen LogP contribution in [0.4, 0.5) is 5.82 Å². The number of anilines is 1. The highest BCUT2D eigenvalue weighted by Gasteiger charge is 2.12. The fourth-order valence-corrected chi connectivity index (χ4v) is 2.17. The van der Waals surface area contributed by atoms with E-state index in [-0.39, 0.29) is 0 Å². The maximum atomic E-state index is 5.94. The molecule has 0 bridgehead atoms. The van der Waals surface area contributed by atoms with Crippen molar-refractivity contribution in [3.05, 3.63) is 36.0 Å². The van der Waals surface area contributed by atoms with Crippen LogP contribution < -0.4 is 10.5 Å². The van der Waals surface area contributed by atoms with E-state index in [9.17, 15) is 0 Å². The summed E-state index contributed by atoms with van der Waals surface area (Å²) in [5.74, 6) is 1.36. The number of nitrogens with zero attached hydrogens (tertiary/aromatic N) is 2. The Morgan fingerprint density at radius 1 is 1.21 bits per heavy atom. The van der Waals surface area contributed by atoms with Crippen LogP contribution >= 0.6 is 0 Å². The molecule has 0 spiro atoms. The van der Waals surface area contributed by atoms with Gasteiger partial charge in [-0.25, -0.2) is 4.98 Å². The second kappa shape index (κ2) is 4.28. The normalized spacial score (nSPS) is 10.8. The zero-order valence-corrected chi connectivity index (χ0v) is 10.8. The second-order valence-corrected chi connectivity index (χ2v) is 4.38. The van der Waals surface area contributed by atoms with Crippen molar-refractivity contribution in [1.29, 1.82) is 0 Å². The van der Waals surface area contributed by atoms with E-state index in [0.29, 0.717) is 11.5 Å². The molecule has 3 aromatic rings. The molecule has 19 heavy (non-hydrogen) atoms. The molecule has 5 nitrogen and oxygen atoms in total. The quantitative estimate of drug-likeness (QED) is 0.736. The van der Waals surface area contributed by atoms with Crippen molar-refractivity contribution in [2.75, 3.05) is 12.8 Å². The van der Waals surface area contributed by atoms with Gasteiger partial charge in [0.05, 0.1) is 12.5 Å². The van der Waals surface area contributed by atoms with E-state index in [1.165, 1.54) is 0 Å². The lowest BCUT2D eigenvalue weighted by molar-refractivity contribution is 0.415. The number of benzene rings is 1. The molecule has 2 heterocycles. The molecule has 0 unspecified atom stereocenters. The van der Waals surface area contributed by atoms with Crippen LogP contribution in [0.1, 0.15) is 5.69 Å². The Bertz CT molecular complexity index is 731. The molecule has 0 aliphatic heterocycles. The maximum Gasteiger partial charge on any atom is 0.183 e. The third-order valence-electron chi connectivity index (χ3n) is 3.08. The summed E-state index contributed by atoms with van der Waals surface area (Å²) in [5, 5.41) is 7.75. The Morgan fingerprint density at radius 3 is 2.63 bits per heavy atom. The smallest absolute Gasteiger partial charge is 0.183 e. The summed E-state index contributed by atoms with van der Waals surface area (Å²) in [6.07, 6.45) is 0. The van der Waals surface area contributed by atoms with Gasteiger partial charge in [-0.2, -0.15) is 5.10 Å². The van der Waals surface area contributed by atoms with Crippen molar-refractivity contribution in [2.24, 2.45) is 0 Å². The third kappa shape index (κ3) is 1.89. The molecule has 3 N–H and O–H groups in total. The summed E-state index contributed by atoms with van der Waals surface area (Å²) in [6.45, 7) is 1.94. The summed E-state index contributed by atoms with van der Waals surface area (Å²) in [6, 6.07) is 9.86. The summed E-state index contributed by atoms with van der Waals surface area (Å²) in [4.78, 5) is 4.37. The molecular weight excluding hydrogens is 240 g/mol. The molecule has 0 radical (unpaired) electrons. The van der Waals surface area contributed by atoms with Crippen LogP contribution in [0.15, 0.2) is 30.3 Å². The number of nitrogens with two attached hydrogens (primary N) is 1. The highest BCUT2D eigenvalue weighted by atomic mass is 16.5. The minimum Gasteiger partial charge on any atom is -0.497 e. The molecule has 0 amide bonds. The SMILES string of the molecule is COc1ccc(-c2cc(C)nc3n[nH]c(N)c23)cc1. The monoisotopic (exact) mass is 254 g/mol. The average molecular weight is 254 g/mol. The first-order chi connectivity index (χ1) is 9.19. The molecule has 96 valence electrons. The maximum absolute atomic E-state index is 5.94. The highest BCUT2D eigenvalue weighted by molar-refractivity contribution is 5.99. The Morgan fingerprint density at radius 2 is 1.95 bits per heavy atom. The first kappa shape index (κ1) is 11.5. The van der Waals surface area contributed by atoms with Gasteiger partial charge in [0.1, 0.15) is 11.6 Å². The van der Waals surface area contributed by atoms with Crippen LogP contribution in [0.25, 0.3) is 22.2 Å². The molecule has 2 aromatic heterocycles. The number of methoxy groups -OCH3 is 1. The van der Waals surface area contributed by atoms with Crippen LogP contribution in [0.5, 0.6) is 5.75 Å². The van der Waals surface area contributed by atoms with Gasteiger partial charge in [0.15, 0.2) is 5.65 Å². The van der Waals surface area contributed by atoms with Gasteiger partial charge in [0.2, 0.25) is 0 Å². The first-order valence-electron chi connectivity index (χ1n) is 5.94. The second-order valence-electron chi connectivity index (χ2n) is 4.38. The Hall–Kier alpha value is -2.56. The molecule has 0 fully saturated rings. The Kier molecular flexibility index (Phi) is 2.59. The lowest BCUT2D eigenvalue weighted by atomic mass is 10.0. The van der Waals surface area contributed by atoms with Gasteiger partial charge >= 0.3 is 0 Å². The highest BCUT2D eigenvalue weighted by Crippen LogP contribution is 2.31. The van der Waals surface area contributed by atoms with E-state index in [4.69, 9.17) is 10.5 Å². The van der Waals surface area contributed by atoms with Crippen molar-refractivity contribution in [3.8, 4) is 16.9 Å². The van der Waals surface area contributed by atoms with Crippen LogP contribution in [-0.2, 0) is 0 Å². The minimum atomic E-state index is 0.535. The number of hydrogen-bond donors (Lipinski definition) is 2. The fraction of sp³-hybridized carbons (Fsp3) is 0.143. The molecule has 0 atom stereocenters. The molecule has 1 aromatic carbocycles. The van der Waals surface area contributed by atoms with Gasteiger partial charge in [0.25, 0.3) is 0 Å². The van der Waals surface area contributed by atoms with E-state index >= 15 is 0 Å². The summed E-state index contributed by atoms with van der Waals surface area (Å²) in [7, 11) is 1.65. The number of aromatic amines is 1. The van der Waals surface area contributed by atoms with Crippen LogP contribution in [0, 0.1) is 6.92 Å². The first-order valence-corrected chi connectivity index (χ1v) is 5.94. The lowest BCUT2D eigenvalue weighted by Crippen LogP contribution is -1.90. The molecular formula is C14H14N4O. The zero-order chi connectivity index (χ0) is 13.4. The van der Waals surface area contributed by atoms with Gasteiger partial charge in [0, 0.05) is 5.69 Å². The Balaban J connectivity index is 2.25. The number of nitrogens with one attached hydrogen (secondary N) is 1. The molecule has 3 rings (SSSR count). The predicted octanol–water partition coefficient (Wildman–Crippen LogP) is 2.52. The van der Waals surface area contributed by atoms with E-state index in [1.54, 1.807) is 7.11 Å². The minimum absolute atomic E-state index is 0.535. The van der Waals surface area contributed by atoms with Gasteiger partial charge in [-0.3, -0.25) is 5.10 Å². The standard InChI is InChI=1S/C14H14N4O/c1-8-7-11(9-3-5-10(19-2)6-4-9)12-13(15)17-18-14(12)16-8/h3-7H,1-2H3,(H3,15,16,17,18). The van der Waals surface area contributed by atoms with Gasteiger partial charge in [-0.15, -0.1) is 0 Å². The van der Waals surface area contributed by atoms with E-state index in [0.717, 1.165) is 28.0 Å². The number of H-pyrrole nitrogens is 1. The summed E-state index contributed by atoms with van der Waals surface area (Å²) in [5.41, 5.74) is 9.57. The number of aryl methyl sites for hydroxylation is 1. The van der Waals surface area contributed by atoms with Crippen molar-refractivity contribution < 1.29 is 4.74 Å². The van der Waals surface area contributed by atoms with Crippen LogP contribution in [-0.4, -0.2) is 22.3 Å². The van der Waals surface area contributed by atoms with E-state index in [2.05, 4.69) is 15.2 Å². The lowest BCUT2D eigenvalue weighted by Gasteiger charge is -2.06. The average Bonchev–Trinajstić information content (AvgIpc) is 2.79. The van der Waals surface area contributed by atoms with Crippen LogP contribution in [0.2, 0.25) is 0 Å². The summed E-state index contributed by atoms with van der Waals surface area (Å²) < 4.78 is 5.17. The number of nitrogen functional groups attached to an aromatic ring is 1. The molecule has 5 heteroatoms. The van der Waals surface area contributed by atoms with Gasteiger partial charge in [-0.05, 0) is 36.2 Å². The van der Waals surface area contributed by atoms with Crippen molar-refractivity contribution in [2.45, 2.75) is 6.92 Å². The molecule has 0 aliphatic rings. The van der Waals surface area contributed by atoms with Crippen LogP contribution in [0.3, 0.4) is 0 Å². The predicted molar refractivity (Wildman–Crippen MR) is 75.0 cm³/mol. The number of aromatic nitrogens is 3. The Labute approximate surface area is 110 Å². The van der Waals surface area contributed by atoms with Gasteiger partial charge < -0.3 is 10.5 Å². The number of pyridine rings is 1. The van der Waals surface area contributed by atoms with Crippen molar-refractivity contribution >= 4 is 16.9 Å². The van der Waals surface area contributed by atoms with Crippen molar-refractivity contribution in [1.82, 2.24) is 15.2 Å². The fourth-order valence-electron chi connectivity index (χ4n) is 2.17. The number of hydrogen-bond acceptors (Lipinski definition) is 4. The van der Waals surface area contributed by atoms with Gasteiger partial charge in [-0.1, -0.05) is 12.1 Å². The van der Waals surface area contributed by atoms with E-state index < -0.39 is 0 Å². The molecule has 0 saturated carbocycles. The largest absolute Gasteiger partial charge is 0.497 e. The molecule has 0 aliphatic carbocycles.